The second-order valence-corrected chi connectivity index (χ2v) is 8.83. The van der Waals surface area contributed by atoms with Gasteiger partial charge in [-0.1, -0.05) is 48.5 Å². The van der Waals surface area contributed by atoms with Crippen LogP contribution in [0, 0.1) is 0 Å². The van der Waals surface area contributed by atoms with Crippen molar-refractivity contribution in [2.75, 3.05) is 18.5 Å². The van der Waals surface area contributed by atoms with Gasteiger partial charge in [0.1, 0.15) is 24.1 Å². The molecule has 188 valence electrons. The Morgan fingerprint density at radius 2 is 1.61 bits per heavy atom. The zero-order valence-electron chi connectivity index (χ0n) is 20.4. The lowest BCUT2D eigenvalue weighted by atomic mass is 10.1. The van der Waals surface area contributed by atoms with Crippen molar-refractivity contribution in [2.45, 2.75) is 44.9 Å². The van der Waals surface area contributed by atoms with E-state index in [0.29, 0.717) is 25.2 Å². The molecule has 0 saturated carbocycles. The number of rotatable bonds is 13. The third kappa shape index (κ3) is 8.13. The standard InChI is InChI=1S/C29H33N3O4/c33-28-16-15-27(29(34)32-28)31-24-7-6-10-26(19-24)36-21-23-13-11-22(12-14-23)20-30-17-4-5-18-35-25-8-2-1-3-9-25/h1-3,6-14,19,27,30-31H,4-5,15-18,20-21H2,(H,32,33,34). The van der Waals surface area contributed by atoms with Crippen LogP contribution in [0.5, 0.6) is 11.5 Å². The lowest BCUT2D eigenvalue weighted by Crippen LogP contribution is -2.47. The van der Waals surface area contributed by atoms with E-state index in [2.05, 4.69) is 40.2 Å². The summed E-state index contributed by atoms with van der Waals surface area (Å²) in [6.07, 6.45) is 2.91. The van der Waals surface area contributed by atoms with E-state index in [0.717, 1.165) is 49.5 Å². The lowest BCUT2D eigenvalue weighted by Gasteiger charge is -2.23. The predicted molar refractivity (Wildman–Crippen MR) is 140 cm³/mol. The maximum atomic E-state index is 12.0. The van der Waals surface area contributed by atoms with Gasteiger partial charge < -0.3 is 20.1 Å². The van der Waals surface area contributed by atoms with Crippen molar-refractivity contribution in [1.82, 2.24) is 10.6 Å². The summed E-state index contributed by atoms with van der Waals surface area (Å²) in [5.74, 6) is 1.13. The molecule has 0 aromatic heterocycles. The second-order valence-electron chi connectivity index (χ2n) is 8.83. The highest BCUT2D eigenvalue weighted by Gasteiger charge is 2.26. The predicted octanol–water partition coefficient (Wildman–Crippen LogP) is 4.43. The number of piperidine rings is 1. The molecule has 3 aromatic rings. The minimum absolute atomic E-state index is 0.221. The Kier molecular flexibility index (Phi) is 9.33. The monoisotopic (exact) mass is 487 g/mol. The van der Waals surface area contributed by atoms with Crippen LogP contribution in [0.2, 0.25) is 0 Å². The topological polar surface area (TPSA) is 88.7 Å². The second kappa shape index (κ2) is 13.3. The molecule has 7 heteroatoms. The smallest absolute Gasteiger partial charge is 0.249 e. The number of imide groups is 1. The molecule has 7 nitrogen and oxygen atoms in total. The largest absolute Gasteiger partial charge is 0.494 e. The minimum Gasteiger partial charge on any atom is -0.494 e. The maximum Gasteiger partial charge on any atom is 0.249 e. The van der Waals surface area contributed by atoms with Crippen LogP contribution >= 0.6 is 0 Å². The first-order valence-electron chi connectivity index (χ1n) is 12.5. The number of ether oxygens (including phenoxy) is 2. The minimum atomic E-state index is -0.415. The number of hydrogen-bond donors (Lipinski definition) is 3. The van der Waals surface area contributed by atoms with Gasteiger partial charge in [-0.05, 0) is 61.2 Å². The van der Waals surface area contributed by atoms with Crippen LogP contribution in [-0.2, 0) is 22.7 Å². The van der Waals surface area contributed by atoms with Gasteiger partial charge in [-0.15, -0.1) is 0 Å². The van der Waals surface area contributed by atoms with Crippen LogP contribution in [0.25, 0.3) is 0 Å². The average molecular weight is 488 g/mol. The molecule has 0 bridgehead atoms. The molecule has 36 heavy (non-hydrogen) atoms. The van der Waals surface area contributed by atoms with Crippen molar-refractivity contribution in [1.29, 1.82) is 0 Å². The number of amides is 2. The zero-order valence-corrected chi connectivity index (χ0v) is 20.4. The van der Waals surface area contributed by atoms with Gasteiger partial charge in [0, 0.05) is 24.7 Å². The summed E-state index contributed by atoms with van der Waals surface area (Å²) in [7, 11) is 0. The van der Waals surface area contributed by atoms with Crippen LogP contribution in [0.1, 0.15) is 36.8 Å². The first kappa shape index (κ1) is 25.3. The number of carbonyl (C=O) groups is 2. The number of unbranched alkanes of at least 4 members (excludes halogenated alkanes) is 1. The molecule has 0 aliphatic carbocycles. The van der Waals surface area contributed by atoms with Gasteiger partial charge in [-0.2, -0.15) is 0 Å². The van der Waals surface area contributed by atoms with Gasteiger partial charge in [-0.3, -0.25) is 14.9 Å². The summed E-state index contributed by atoms with van der Waals surface area (Å²) in [5, 5.41) is 9.03. The molecule has 1 heterocycles. The van der Waals surface area contributed by atoms with Gasteiger partial charge in [0.2, 0.25) is 11.8 Å². The first-order chi connectivity index (χ1) is 17.7. The molecule has 1 aliphatic rings. The Morgan fingerprint density at radius 3 is 2.42 bits per heavy atom. The van der Waals surface area contributed by atoms with Crippen LogP contribution in [0.3, 0.4) is 0 Å². The Morgan fingerprint density at radius 1 is 0.833 bits per heavy atom. The summed E-state index contributed by atoms with van der Waals surface area (Å²) in [4.78, 5) is 23.3. The molecular weight excluding hydrogens is 454 g/mol. The highest BCUT2D eigenvalue weighted by Crippen LogP contribution is 2.21. The average Bonchev–Trinajstić information content (AvgIpc) is 2.90. The third-order valence-electron chi connectivity index (χ3n) is 5.93. The molecular formula is C29H33N3O4. The van der Waals surface area contributed by atoms with Crippen LogP contribution in [-0.4, -0.2) is 31.0 Å². The van der Waals surface area contributed by atoms with E-state index in [4.69, 9.17) is 9.47 Å². The van der Waals surface area contributed by atoms with E-state index in [9.17, 15) is 9.59 Å². The molecule has 1 aliphatic heterocycles. The fourth-order valence-electron chi connectivity index (χ4n) is 3.92. The number of carbonyl (C=O) groups excluding carboxylic acids is 2. The van der Waals surface area contributed by atoms with Crippen LogP contribution in [0.4, 0.5) is 5.69 Å². The number of anilines is 1. The van der Waals surface area contributed by atoms with Crippen molar-refractivity contribution in [2.24, 2.45) is 0 Å². The molecule has 3 N–H and O–H groups in total. The Labute approximate surface area is 212 Å². The van der Waals surface area contributed by atoms with Gasteiger partial charge in [0.05, 0.1) is 6.61 Å². The Hall–Kier alpha value is -3.84. The highest BCUT2D eigenvalue weighted by atomic mass is 16.5. The fourth-order valence-corrected chi connectivity index (χ4v) is 3.92. The van der Waals surface area contributed by atoms with E-state index in [1.165, 1.54) is 5.56 Å². The number of para-hydroxylation sites is 1. The Bertz CT molecular complexity index is 1120. The summed E-state index contributed by atoms with van der Waals surface area (Å²) >= 11 is 0. The van der Waals surface area contributed by atoms with Crippen molar-refractivity contribution in [3.63, 3.8) is 0 Å². The van der Waals surface area contributed by atoms with Gasteiger partial charge in [0.15, 0.2) is 0 Å². The van der Waals surface area contributed by atoms with Crippen molar-refractivity contribution < 1.29 is 19.1 Å². The van der Waals surface area contributed by atoms with E-state index in [1.54, 1.807) is 0 Å². The van der Waals surface area contributed by atoms with Crippen LogP contribution in [0.15, 0.2) is 78.9 Å². The van der Waals surface area contributed by atoms with E-state index >= 15 is 0 Å². The van der Waals surface area contributed by atoms with Crippen molar-refractivity contribution >= 4 is 17.5 Å². The molecule has 1 fully saturated rings. The van der Waals surface area contributed by atoms with E-state index in [1.807, 2.05) is 54.6 Å². The van der Waals surface area contributed by atoms with Gasteiger partial charge in [0.25, 0.3) is 0 Å². The molecule has 1 unspecified atom stereocenters. The first-order valence-corrected chi connectivity index (χ1v) is 12.5. The summed E-state index contributed by atoms with van der Waals surface area (Å²) in [6.45, 7) is 2.97. The maximum absolute atomic E-state index is 12.0. The summed E-state index contributed by atoms with van der Waals surface area (Å²) in [5.41, 5.74) is 3.10. The van der Waals surface area contributed by atoms with E-state index in [-0.39, 0.29) is 11.8 Å². The highest BCUT2D eigenvalue weighted by molar-refractivity contribution is 6.01. The normalized spacial score (nSPS) is 15.3. The molecule has 1 saturated heterocycles. The quantitative estimate of drug-likeness (QED) is 0.244. The fraction of sp³-hybridized carbons (Fsp3) is 0.310. The number of hydrogen-bond acceptors (Lipinski definition) is 6. The van der Waals surface area contributed by atoms with Crippen molar-refractivity contribution in [3.05, 3.63) is 90.0 Å². The van der Waals surface area contributed by atoms with E-state index < -0.39 is 6.04 Å². The zero-order chi connectivity index (χ0) is 25.0. The summed E-state index contributed by atoms with van der Waals surface area (Å²) < 4.78 is 11.7. The molecule has 1 atom stereocenters. The lowest BCUT2D eigenvalue weighted by molar-refractivity contribution is -0.133. The SMILES string of the molecule is O=C1CCC(Nc2cccc(OCc3ccc(CNCCCCOc4ccccc4)cc3)c2)C(=O)N1. The van der Waals surface area contributed by atoms with Crippen molar-refractivity contribution in [3.8, 4) is 11.5 Å². The molecule has 4 rings (SSSR count). The summed E-state index contributed by atoms with van der Waals surface area (Å²) in [6, 6.07) is 25.4. The molecule has 2 amide bonds. The van der Waals surface area contributed by atoms with Gasteiger partial charge >= 0.3 is 0 Å². The van der Waals surface area contributed by atoms with Crippen LogP contribution < -0.4 is 25.4 Å². The molecule has 3 aromatic carbocycles. The molecule has 0 spiro atoms. The Balaban J connectivity index is 1.13. The molecule has 0 radical (unpaired) electrons. The third-order valence-corrected chi connectivity index (χ3v) is 5.93. The number of nitrogens with one attached hydrogen (secondary N) is 3. The number of benzene rings is 3. The van der Waals surface area contributed by atoms with Gasteiger partial charge in [-0.25, -0.2) is 0 Å².